The van der Waals surface area contributed by atoms with E-state index < -0.39 is 0 Å². The summed E-state index contributed by atoms with van der Waals surface area (Å²) in [6, 6.07) is 4.96. The van der Waals surface area contributed by atoms with E-state index >= 15 is 0 Å². The fourth-order valence-electron chi connectivity index (χ4n) is 3.60. The third-order valence-electron chi connectivity index (χ3n) is 5.13. The van der Waals surface area contributed by atoms with E-state index in [0.717, 1.165) is 11.1 Å². The van der Waals surface area contributed by atoms with Crippen molar-refractivity contribution >= 4 is 16.8 Å². The molecule has 26 heavy (non-hydrogen) atoms. The monoisotopic (exact) mass is 489 g/mol. The van der Waals surface area contributed by atoms with Crippen molar-refractivity contribution in [2.24, 2.45) is 0 Å². The number of benzene rings is 1. The highest BCUT2D eigenvalue weighted by atomic mass is 127. The van der Waals surface area contributed by atoms with Crippen molar-refractivity contribution < 1.29 is 34.1 Å². The molecule has 1 saturated carbocycles. The molecule has 1 aliphatic carbocycles. The summed E-state index contributed by atoms with van der Waals surface area (Å²) in [7, 11) is 0. The average molecular weight is 490 g/mol. The Morgan fingerprint density at radius 2 is 1.42 bits per heavy atom. The molecule has 1 aromatic rings. The summed E-state index contributed by atoms with van der Waals surface area (Å²) in [6.45, 7) is 13.0. The smallest absolute Gasteiger partial charge is 0.240 e. The highest BCUT2D eigenvalue weighted by molar-refractivity contribution is 8.13. The predicted octanol–water partition coefficient (Wildman–Crippen LogP) is 1.51. The van der Waals surface area contributed by atoms with Crippen LogP contribution in [-0.2, 0) is 10.8 Å². The Balaban J connectivity index is 0.00000338. The van der Waals surface area contributed by atoms with Gasteiger partial charge in [-0.15, -0.1) is 0 Å². The van der Waals surface area contributed by atoms with E-state index in [-0.39, 0.29) is 34.8 Å². The summed E-state index contributed by atoms with van der Waals surface area (Å²) in [5, 5.41) is 12.2. The minimum atomic E-state index is -0.0888. The van der Waals surface area contributed by atoms with Crippen LogP contribution in [0.1, 0.15) is 90.3 Å². The van der Waals surface area contributed by atoms with E-state index in [2.05, 4.69) is 64.9 Å². The molecule has 0 aliphatic heterocycles. The van der Waals surface area contributed by atoms with Gasteiger partial charge in [0, 0.05) is 24.0 Å². The molecule has 0 bridgehead atoms. The SMILES string of the molecule is CSC(=[NH+]C1CCCCC1)c1cc(C(C)(C)C)c(O)c(C(C)(C)C)c1.[I-]. The first-order chi connectivity index (χ1) is 11.5. The molecule has 2 N–H and O–H groups in total. The van der Waals surface area contributed by atoms with Gasteiger partial charge in [0.25, 0.3) is 0 Å². The molecule has 0 atom stereocenters. The second kappa shape index (κ2) is 9.31. The fourth-order valence-corrected chi connectivity index (χ4v) is 4.24. The van der Waals surface area contributed by atoms with Gasteiger partial charge in [-0.1, -0.05) is 59.7 Å². The van der Waals surface area contributed by atoms with Crippen LogP contribution in [0.3, 0.4) is 0 Å². The van der Waals surface area contributed by atoms with Gasteiger partial charge in [0.2, 0.25) is 5.04 Å². The lowest BCUT2D eigenvalue weighted by Crippen LogP contribution is -3.00. The van der Waals surface area contributed by atoms with E-state index in [0.29, 0.717) is 11.8 Å². The molecule has 148 valence electrons. The summed E-state index contributed by atoms with van der Waals surface area (Å²) in [6.07, 6.45) is 8.70. The number of halogens is 1. The van der Waals surface area contributed by atoms with Gasteiger partial charge in [0.15, 0.2) is 6.04 Å². The van der Waals surface area contributed by atoms with Gasteiger partial charge in [0.1, 0.15) is 5.75 Å². The third-order valence-corrected chi connectivity index (χ3v) is 5.89. The van der Waals surface area contributed by atoms with Gasteiger partial charge in [-0.25, -0.2) is 4.99 Å². The standard InChI is InChI=1S/C22H35NOS.HI/c1-21(2,3)17-13-15(14-18(19(17)24)22(4,5)6)20(25-7)23-16-11-9-8-10-12-16;/h13-14,16,24H,8-12H2,1-7H3;1H. The number of phenolic OH excluding ortho intramolecular Hbond substituents is 1. The maximum atomic E-state index is 10.9. The summed E-state index contributed by atoms with van der Waals surface area (Å²) in [5.41, 5.74) is 3.10. The minimum absolute atomic E-state index is 0. The number of thioether (sulfide) groups is 1. The summed E-state index contributed by atoms with van der Waals surface area (Å²) < 4.78 is 0. The first-order valence-electron chi connectivity index (χ1n) is 9.60. The molecule has 0 saturated heterocycles. The van der Waals surface area contributed by atoms with E-state index in [1.165, 1.54) is 42.7 Å². The Hall–Kier alpha value is -0.230. The zero-order chi connectivity index (χ0) is 18.8. The number of hydrogen-bond donors (Lipinski definition) is 2. The lowest BCUT2D eigenvalue weighted by molar-refractivity contribution is -0.504. The van der Waals surface area contributed by atoms with Crippen molar-refractivity contribution in [2.45, 2.75) is 90.5 Å². The van der Waals surface area contributed by atoms with Gasteiger partial charge in [-0.3, -0.25) is 0 Å². The quantitative estimate of drug-likeness (QED) is 0.376. The Kier molecular flexibility index (Phi) is 8.53. The van der Waals surface area contributed by atoms with Gasteiger partial charge in [0.05, 0.1) is 5.56 Å². The molecule has 2 nitrogen and oxygen atoms in total. The van der Waals surface area contributed by atoms with Gasteiger partial charge in [-0.2, -0.15) is 0 Å². The molecule has 0 heterocycles. The first kappa shape index (κ1) is 23.8. The first-order valence-corrected chi connectivity index (χ1v) is 10.8. The lowest BCUT2D eigenvalue weighted by atomic mass is 9.78. The van der Waals surface area contributed by atoms with Crippen LogP contribution in [0, 0.1) is 0 Å². The van der Waals surface area contributed by atoms with Crippen LogP contribution >= 0.6 is 11.8 Å². The molecule has 2 rings (SSSR count). The van der Waals surface area contributed by atoms with E-state index in [1.54, 1.807) is 11.8 Å². The van der Waals surface area contributed by atoms with Crippen molar-refractivity contribution in [3.05, 3.63) is 28.8 Å². The summed E-state index contributed by atoms with van der Waals surface area (Å²) in [5.74, 6) is 0.460. The van der Waals surface area contributed by atoms with Gasteiger partial charge < -0.3 is 29.1 Å². The topological polar surface area (TPSA) is 34.2 Å². The van der Waals surface area contributed by atoms with Crippen LogP contribution in [-0.4, -0.2) is 22.4 Å². The third kappa shape index (κ3) is 5.88. The predicted molar refractivity (Wildman–Crippen MR) is 111 cm³/mol. The van der Waals surface area contributed by atoms with E-state index in [4.69, 9.17) is 0 Å². The lowest BCUT2D eigenvalue weighted by Gasteiger charge is -2.28. The Morgan fingerprint density at radius 1 is 0.962 bits per heavy atom. The molecule has 0 radical (unpaired) electrons. The zero-order valence-corrected chi connectivity index (χ0v) is 20.5. The normalized spacial score (nSPS) is 17.1. The molecule has 1 fully saturated rings. The van der Waals surface area contributed by atoms with Gasteiger partial charge in [-0.05, 0) is 42.1 Å². The van der Waals surface area contributed by atoms with Crippen LogP contribution in [0.15, 0.2) is 12.1 Å². The highest BCUT2D eigenvalue weighted by Crippen LogP contribution is 2.40. The van der Waals surface area contributed by atoms with Crippen LogP contribution in [0.25, 0.3) is 0 Å². The summed E-state index contributed by atoms with van der Waals surface area (Å²) in [4.78, 5) is 3.80. The minimum Gasteiger partial charge on any atom is -1.00 e. The van der Waals surface area contributed by atoms with E-state index in [9.17, 15) is 5.11 Å². The van der Waals surface area contributed by atoms with Crippen molar-refractivity contribution in [3.8, 4) is 5.75 Å². The molecule has 0 unspecified atom stereocenters. The summed E-state index contributed by atoms with van der Waals surface area (Å²) >= 11 is 1.79. The Bertz CT molecular complexity index is 600. The number of hydrogen-bond acceptors (Lipinski definition) is 2. The fraction of sp³-hybridized carbons (Fsp3) is 0.682. The number of aromatic hydroxyl groups is 1. The van der Waals surface area contributed by atoms with Crippen LogP contribution in [0.2, 0.25) is 0 Å². The largest absolute Gasteiger partial charge is 1.00 e. The molecule has 0 amide bonds. The maximum absolute atomic E-state index is 10.9. The molecule has 4 heteroatoms. The number of phenols is 1. The van der Waals surface area contributed by atoms with Crippen molar-refractivity contribution in [2.75, 3.05) is 6.26 Å². The van der Waals surface area contributed by atoms with Crippen LogP contribution in [0.4, 0.5) is 0 Å². The molecule has 1 aromatic carbocycles. The second-order valence-corrected chi connectivity index (χ2v) is 10.2. The number of rotatable bonds is 2. The Morgan fingerprint density at radius 3 is 1.81 bits per heavy atom. The second-order valence-electron chi connectivity index (χ2n) is 9.43. The average Bonchev–Trinajstić information content (AvgIpc) is 2.51. The Labute approximate surface area is 181 Å². The van der Waals surface area contributed by atoms with Crippen molar-refractivity contribution in [3.63, 3.8) is 0 Å². The van der Waals surface area contributed by atoms with Crippen LogP contribution < -0.4 is 29.0 Å². The molecule has 0 aromatic heterocycles. The molecular formula is C22H36INOS. The highest BCUT2D eigenvalue weighted by Gasteiger charge is 2.29. The maximum Gasteiger partial charge on any atom is 0.240 e. The van der Waals surface area contributed by atoms with Crippen molar-refractivity contribution in [1.82, 2.24) is 0 Å². The van der Waals surface area contributed by atoms with Crippen LogP contribution in [0.5, 0.6) is 5.75 Å². The van der Waals surface area contributed by atoms with Crippen molar-refractivity contribution in [1.29, 1.82) is 0 Å². The number of nitrogens with one attached hydrogen (secondary N) is 1. The molecular weight excluding hydrogens is 453 g/mol. The zero-order valence-electron chi connectivity index (χ0n) is 17.5. The molecule has 1 aliphatic rings. The van der Waals surface area contributed by atoms with E-state index in [1.807, 2.05) is 0 Å². The van der Waals surface area contributed by atoms with Gasteiger partial charge >= 0.3 is 0 Å². The molecule has 0 spiro atoms.